The average molecular weight is 493 g/mol. The Labute approximate surface area is 196 Å². The number of carbonyl (C=O) groups excluding carboxylic acids is 1. The third kappa shape index (κ3) is 6.28. The molecule has 0 saturated carbocycles. The van der Waals surface area contributed by atoms with Crippen molar-refractivity contribution in [3.8, 4) is 5.75 Å². The summed E-state index contributed by atoms with van der Waals surface area (Å²) in [6.45, 7) is 1.77. The molecule has 1 N–H and O–H groups in total. The maximum atomic E-state index is 13.3. The first-order valence-electron chi connectivity index (χ1n) is 10.3. The number of halogens is 3. The number of hydrogen-bond acceptors (Lipinski definition) is 4. The van der Waals surface area contributed by atoms with Crippen LogP contribution in [0, 0.1) is 0 Å². The van der Waals surface area contributed by atoms with Gasteiger partial charge < -0.3 is 10.1 Å². The van der Waals surface area contributed by atoms with Crippen molar-refractivity contribution in [1.82, 2.24) is 5.32 Å². The van der Waals surface area contributed by atoms with E-state index < -0.39 is 34.2 Å². The Hall–Kier alpha value is -3.53. The highest BCUT2D eigenvalue weighted by molar-refractivity contribution is 7.92. The normalized spacial score (nSPS) is 11.6. The van der Waals surface area contributed by atoms with Gasteiger partial charge in [0.1, 0.15) is 12.3 Å². The van der Waals surface area contributed by atoms with Crippen LogP contribution in [0.15, 0.2) is 83.8 Å². The number of alkyl halides is 3. The van der Waals surface area contributed by atoms with E-state index in [0.29, 0.717) is 22.7 Å². The summed E-state index contributed by atoms with van der Waals surface area (Å²) in [5.41, 5.74) is -0.545. The number of ether oxygens (including phenoxy) is 1. The van der Waals surface area contributed by atoms with Crippen molar-refractivity contribution in [3.05, 3.63) is 90.0 Å². The molecule has 0 atom stereocenters. The Morgan fingerprint density at radius 2 is 1.65 bits per heavy atom. The third-order valence-electron chi connectivity index (χ3n) is 4.80. The predicted octanol–water partition coefficient (Wildman–Crippen LogP) is 4.62. The highest BCUT2D eigenvalue weighted by atomic mass is 32.2. The van der Waals surface area contributed by atoms with E-state index in [4.69, 9.17) is 4.74 Å². The third-order valence-corrected chi connectivity index (χ3v) is 6.59. The summed E-state index contributed by atoms with van der Waals surface area (Å²) >= 11 is 0. The van der Waals surface area contributed by atoms with Crippen molar-refractivity contribution in [2.75, 3.05) is 17.5 Å². The summed E-state index contributed by atoms with van der Waals surface area (Å²) < 4.78 is 72.3. The molecule has 0 spiro atoms. The molecule has 0 aliphatic heterocycles. The fourth-order valence-corrected chi connectivity index (χ4v) is 4.56. The number of sulfonamides is 1. The molecule has 0 aliphatic carbocycles. The van der Waals surface area contributed by atoms with E-state index in [9.17, 15) is 26.4 Å². The number of nitrogens with one attached hydrogen (secondary N) is 1. The first-order valence-corrected chi connectivity index (χ1v) is 11.8. The molecule has 6 nitrogen and oxygen atoms in total. The number of anilines is 1. The number of hydrogen-bond donors (Lipinski definition) is 1. The molecule has 180 valence electrons. The quantitative estimate of drug-likeness (QED) is 0.473. The fraction of sp³-hybridized carbons (Fsp3) is 0.208. The zero-order valence-electron chi connectivity index (χ0n) is 18.2. The molecule has 0 fully saturated rings. The van der Waals surface area contributed by atoms with Gasteiger partial charge in [-0.2, -0.15) is 13.2 Å². The zero-order chi connectivity index (χ0) is 24.8. The van der Waals surface area contributed by atoms with E-state index in [0.717, 1.165) is 17.7 Å². The Morgan fingerprint density at radius 1 is 0.971 bits per heavy atom. The van der Waals surface area contributed by atoms with Crippen molar-refractivity contribution in [2.45, 2.75) is 24.5 Å². The Morgan fingerprint density at radius 3 is 2.26 bits per heavy atom. The minimum absolute atomic E-state index is 0.104. The van der Waals surface area contributed by atoms with Gasteiger partial charge in [-0.05, 0) is 55.0 Å². The van der Waals surface area contributed by atoms with Crippen molar-refractivity contribution in [3.63, 3.8) is 0 Å². The first kappa shape index (κ1) is 25.1. The van der Waals surface area contributed by atoms with Crippen molar-refractivity contribution < 1.29 is 31.1 Å². The van der Waals surface area contributed by atoms with E-state index >= 15 is 0 Å². The molecule has 0 radical (unpaired) electrons. The summed E-state index contributed by atoms with van der Waals surface area (Å²) in [7, 11) is -4.32. The van der Waals surface area contributed by atoms with Crippen LogP contribution in [0.4, 0.5) is 18.9 Å². The van der Waals surface area contributed by atoms with Gasteiger partial charge in [0.15, 0.2) is 0 Å². The monoisotopic (exact) mass is 492 g/mol. The highest BCUT2D eigenvalue weighted by Crippen LogP contribution is 2.33. The fourth-order valence-electron chi connectivity index (χ4n) is 3.13. The smallest absolute Gasteiger partial charge is 0.416 e. The Kier molecular flexibility index (Phi) is 7.83. The van der Waals surface area contributed by atoms with Gasteiger partial charge in [-0.15, -0.1) is 0 Å². The summed E-state index contributed by atoms with van der Waals surface area (Å²) in [6.07, 6.45) is -4.67. The van der Waals surface area contributed by atoms with Gasteiger partial charge in [0.2, 0.25) is 5.91 Å². The van der Waals surface area contributed by atoms with Gasteiger partial charge in [-0.1, -0.05) is 36.4 Å². The molecule has 34 heavy (non-hydrogen) atoms. The Balaban J connectivity index is 1.85. The van der Waals surface area contributed by atoms with Crippen molar-refractivity contribution in [2.24, 2.45) is 0 Å². The highest BCUT2D eigenvalue weighted by Gasteiger charge is 2.33. The molecule has 0 aliphatic rings. The molecule has 0 saturated heterocycles. The summed E-state index contributed by atoms with van der Waals surface area (Å²) in [5.74, 6) is -0.00643. The minimum Gasteiger partial charge on any atom is -0.494 e. The van der Waals surface area contributed by atoms with Gasteiger partial charge in [0.05, 0.1) is 22.8 Å². The van der Waals surface area contributed by atoms with Crippen LogP contribution in [-0.4, -0.2) is 27.5 Å². The second-order valence-corrected chi connectivity index (χ2v) is 9.09. The number of rotatable bonds is 9. The number of carbonyl (C=O) groups is 1. The lowest BCUT2D eigenvalue weighted by atomic mass is 10.2. The maximum Gasteiger partial charge on any atom is 0.416 e. The largest absolute Gasteiger partial charge is 0.494 e. The molecular weight excluding hydrogens is 469 g/mol. The van der Waals surface area contributed by atoms with Crippen LogP contribution >= 0.6 is 0 Å². The van der Waals surface area contributed by atoms with Crippen LogP contribution in [0.5, 0.6) is 5.75 Å². The lowest BCUT2D eigenvalue weighted by Gasteiger charge is -2.25. The van der Waals surface area contributed by atoms with Gasteiger partial charge in [0, 0.05) is 6.54 Å². The lowest BCUT2D eigenvalue weighted by molar-refractivity contribution is -0.137. The van der Waals surface area contributed by atoms with Crippen LogP contribution in [-0.2, 0) is 27.5 Å². The van der Waals surface area contributed by atoms with E-state index in [1.165, 1.54) is 30.3 Å². The number of benzene rings is 3. The molecule has 3 aromatic rings. The molecule has 1 amide bonds. The topological polar surface area (TPSA) is 75.7 Å². The molecule has 0 unspecified atom stereocenters. The standard InChI is InChI=1S/C24H23F3N2O4S/c1-2-33-21-13-11-18(12-14-21)16-28-23(30)17-29(34(31,32)22-9-4-3-5-10-22)20-8-6-7-19(15-20)24(25,26)27/h3-15H,2,16-17H2,1H3,(H,28,30). The van der Waals surface area contributed by atoms with E-state index in [-0.39, 0.29) is 17.1 Å². The molecule has 3 aromatic carbocycles. The van der Waals surface area contributed by atoms with Crippen LogP contribution in [0.25, 0.3) is 0 Å². The van der Waals surface area contributed by atoms with Crippen LogP contribution < -0.4 is 14.4 Å². The first-order chi connectivity index (χ1) is 16.1. The zero-order valence-corrected chi connectivity index (χ0v) is 19.1. The molecule has 0 heterocycles. The Bertz CT molecular complexity index is 1210. The molecule has 10 heteroatoms. The second-order valence-electron chi connectivity index (χ2n) is 7.23. The van der Waals surface area contributed by atoms with Gasteiger partial charge >= 0.3 is 6.18 Å². The SMILES string of the molecule is CCOc1ccc(CNC(=O)CN(c2cccc(C(F)(F)F)c2)S(=O)(=O)c2ccccc2)cc1. The van der Waals surface area contributed by atoms with Crippen LogP contribution in [0.2, 0.25) is 0 Å². The van der Waals surface area contributed by atoms with E-state index in [1.807, 2.05) is 6.92 Å². The van der Waals surface area contributed by atoms with Crippen molar-refractivity contribution >= 4 is 21.6 Å². The lowest BCUT2D eigenvalue weighted by Crippen LogP contribution is -2.40. The molecule has 3 rings (SSSR count). The summed E-state index contributed by atoms with van der Waals surface area (Å²) in [5, 5.41) is 2.61. The maximum absolute atomic E-state index is 13.3. The number of nitrogens with zero attached hydrogens (tertiary/aromatic N) is 1. The van der Waals surface area contributed by atoms with Crippen LogP contribution in [0.3, 0.4) is 0 Å². The van der Waals surface area contributed by atoms with Gasteiger partial charge in [0.25, 0.3) is 10.0 Å². The van der Waals surface area contributed by atoms with E-state index in [1.54, 1.807) is 30.3 Å². The number of amides is 1. The van der Waals surface area contributed by atoms with Crippen LogP contribution in [0.1, 0.15) is 18.1 Å². The summed E-state index contributed by atoms with van der Waals surface area (Å²) in [6, 6.07) is 18.0. The molecular formula is C24H23F3N2O4S. The van der Waals surface area contributed by atoms with Crippen molar-refractivity contribution in [1.29, 1.82) is 0 Å². The predicted molar refractivity (Wildman–Crippen MR) is 122 cm³/mol. The second kappa shape index (κ2) is 10.6. The molecule has 0 aromatic heterocycles. The average Bonchev–Trinajstić information content (AvgIpc) is 2.82. The van der Waals surface area contributed by atoms with Gasteiger partial charge in [-0.3, -0.25) is 9.10 Å². The molecule has 0 bridgehead atoms. The minimum atomic E-state index is -4.67. The summed E-state index contributed by atoms with van der Waals surface area (Å²) in [4.78, 5) is 12.5. The van der Waals surface area contributed by atoms with E-state index in [2.05, 4.69) is 5.32 Å². The van der Waals surface area contributed by atoms with Gasteiger partial charge in [-0.25, -0.2) is 8.42 Å².